The van der Waals surface area contributed by atoms with E-state index in [9.17, 15) is 19.2 Å². The normalized spacial score (nSPS) is 14.4. The number of amides is 5. The topological polar surface area (TPSA) is 86.8 Å². The maximum absolute atomic E-state index is 11.9. The summed E-state index contributed by atoms with van der Waals surface area (Å²) in [5, 5.41) is 3.15. The monoisotopic (exact) mass is 335 g/mol. The van der Waals surface area contributed by atoms with E-state index < -0.39 is 30.3 Å². The Labute approximate surface area is 137 Å². The highest BCUT2D eigenvalue weighted by Gasteiger charge is 2.44. The number of rotatable bonds is 6. The minimum Gasteiger partial charge on any atom is -0.350 e. The van der Waals surface area contributed by atoms with Gasteiger partial charge in [-0.2, -0.15) is 0 Å². The van der Waals surface area contributed by atoms with E-state index in [1.54, 1.807) is 24.3 Å². The summed E-state index contributed by atoms with van der Waals surface area (Å²) in [5.41, 5.74) is 0.811. The maximum Gasteiger partial charge on any atom is 0.335 e. The molecule has 120 valence electrons. The average molecular weight is 336 g/mol. The van der Waals surface area contributed by atoms with Crippen molar-refractivity contribution in [1.82, 2.24) is 15.1 Å². The van der Waals surface area contributed by atoms with Crippen LogP contribution in [0.4, 0.5) is 4.79 Å². The van der Waals surface area contributed by atoms with Crippen LogP contribution in [0.25, 0.3) is 0 Å². The van der Waals surface area contributed by atoms with Crippen LogP contribution in [0, 0.1) is 0 Å². The summed E-state index contributed by atoms with van der Waals surface area (Å²) < 4.78 is 0. The van der Waals surface area contributed by atoms with Crippen molar-refractivity contribution in [3.63, 3.8) is 0 Å². The Hall–Kier alpha value is -2.67. The number of carbonyl (C=O) groups excluding carboxylic acids is 4. The van der Waals surface area contributed by atoms with Gasteiger partial charge >= 0.3 is 17.8 Å². The molecule has 0 spiro atoms. The molecule has 1 aromatic rings. The van der Waals surface area contributed by atoms with Crippen molar-refractivity contribution >= 4 is 35.4 Å². The Kier molecular flexibility index (Phi) is 5.13. The maximum atomic E-state index is 11.9. The molecule has 0 radical (unpaired) electrons. The number of halogens is 1. The van der Waals surface area contributed by atoms with Crippen LogP contribution in [-0.2, 0) is 20.9 Å². The molecule has 1 N–H and O–H groups in total. The second-order valence-electron chi connectivity index (χ2n) is 4.78. The molecule has 0 bridgehead atoms. The molecule has 1 saturated heterocycles. The Balaban J connectivity index is 1.93. The van der Waals surface area contributed by atoms with Gasteiger partial charge in [0.05, 0.1) is 0 Å². The van der Waals surface area contributed by atoms with Gasteiger partial charge in [0.2, 0.25) is 5.91 Å². The minimum atomic E-state index is -1.02. The molecule has 0 atom stereocenters. The smallest absolute Gasteiger partial charge is 0.335 e. The molecule has 1 heterocycles. The van der Waals surface area contributed by atoms with Gasteiger partial charge in [-0.1, -0.05) is 29.8 Å². The molecule has 5 amide bonds. The first-order valence-electron chi connectivity index (χ1n) is 6.73. The number of urea groups is 1. The summed E-state index contributed by atoms with van der Waals surface area (Å²) in [6.45, 7) is 3.04. The lowest BCUT2D eigenvalue weighted by atomic mass is 10.2. The molecule has 7 nitrogen and oxygen atoms in total. The van der Waals surface area contributed by atoms with Gasteiger partial charge in [0.25, 0.3) is 0 Å². The van der Waals surface area contributed by atoms with E-state index in [2.05, 4.69) is 11.9 Å². The van der Waals surface area contributed by atoms with E-state index >= 15 is 0 Å². The molecule has 1 fully saturated rings. The third kappa shape index (κ3) is 3.75. The van der Waals surface area contributed by atoms with Crippen molar-refractivity contribution in [3.05, 3.63) is 47.5 Å². The Morgan fingerprint density at radius 3 is 2.35 bits per heavy atom. The van der Waals surface area contributed by atoms with Gasteiger partial charge < -0.3 is 5.32 Å². The van der Waals surface area contributed by atoms with E-state index in [4.69, 9.17) is 11.6 Å². The number of carbonyl (C=O) groups is 4. The van der Waals surface area contributed by atoms with Gasteiger partial charge in [-0.15, -0.1) is 6.58 Å². The summed E-state index contributed by atoms with van der Waals surface area (Å²) >= 11 is 5.76. The molecule has 0 unspecified atom stereocenters. The van der Waals surface area contributed by atoms with Crippen molar-refractivity contribution in [3.8, 4) is 0 Å². The van der Waals surface area contributed by atoms with E-state index in [1.807, 2.05) is 0 Å². The van der Waals surface area contributed by atoms with E-state index in [0.717, 1.165) is 10.5 Å². The molecule has 8 heteroatoms. The van der Waals surface area contributed by atoms with Gasteiger partial charge in [0, 0.05) is 18.1 Å². The molecule has 23 heavy (non-hydrogen) atoms. The highest BCUT2D eigenvalue weighted by molar-refractivity contribution is 6.45. The van der Waals surface area contributed by atoms with Crippen LogP contribution in [-0.4, -0.2) is 46.6 Å². The minimum absolute atomic E-state index is 0.0771. The first-order chi connectivity index (χ1) is 10.9. The third-order valence-electron chi connectivity index (χ3n) is 3.15. The number of benzene rings is 1. The van der Waals surface area contributed by atoms with E-state index in [0.29, 0.717) is 9.92 Å². The van der Waals surface area contributed by atoms with E-state index in [-0.39, 0.29) is 13.1 Å². The zero-order chi connectivity index (χ0) is 17.0. The Morgan fingerprint density at radius 2 is 1.74 bits per heavy atom. The molecule has 0 saturated carbocycles. The van der Waals surface area contributed by atoms with Crippen molar-refractivity contribution in [2.75, 3.05) is 13.1 Å². The predicted molar refractivity (Wildman–Crippen MR) is 82.3 cm³/mol. The summed E-state index contributed by atoms with van der Waals surface area (Å²) in [6, 6.07) is 6.03. The van der Waals surface area contributed by atoms with Gasteiger partial charge in [0.15, 0.2) is 0 Å². The van der Waals surface area contributed by atoms with Crippen molar-refractivity contribution < 1.29 is 19.2 Å². The van der Waals surface area contributed by atoms with Crippen LogP contribution in [0.15, 0.2) is 36.9 Å². The fraction of sp³-hybridized carbons (Fsp3) is 0.200. The average Bonchev–Trinajstić information content (AvgIpc) is 2.72. The summed E-state index contributed by atoms with van der Waals surface area (Å²) in [7, 11) is 0. The first kappa shape index (κ1) is 16.7. The lowest BCUT2D eigenvalue weighted by molar-refractivity contribution is -0.143. The van der Waals surface area contributed by atoms with Crippen molar-refractivity contribution in [2.24, 2.45) is 0 Å². The zero-order valence-electron chi connectivity index (χ0n) is 12.1. The quantitative estimate of drug-likeness (QED) is 0.476. The molecule has 2 rings (SSSR count). The lowest BCUT2D eigenvalue weighted by Gasteiger charge is -2.14. The number of nitrogens with zero attached hydrogens (tertiary/aromatic N) is 2. The highest BCUT2D eigenvalue weighted by atomic mass is 35.5. The standard InChI is InChI=1S/C15H14ClN3O4/c1-2-7-18-13(21)14(22)19(15(18)23)9-12(20)17-8-10-3-5-11(16)6-4-10/h2-6H,1,7-9H2,(H,17,20). The fourth-order valence-electron chi connectivity index (χ4n) is 1.98. The number of imide groups is 2. The van der Waals surface area contributed by atoms with Crippen LogP contribution >= 0.6 is 11.6 Å². The van der Waals surface area contributed by atoms with Crippen LogP contribution in [0.2, 0.25) is 5.02 Å². The molecular weight excluding hydrogens is 322 g/mol. The molecule has 1 aliphatic heterocycles. The van der Waals surface area contributed by atoms with Gasteiger partial charge in [-0.25, -0.2) is 9.69 Å². The highest BCUT2D eigenvalue weighted by Crippen LogP contribution is 2.12. The van der Waals surface area contributed by atoms with Gasteiger partial charge in [-0.05, 0) is 17.7 Å². The van der Waals surface area contributed by atoms with Crippen LogP contribution in [0.1, 0.15) is 5.56 Å². The Morgan fingerprint density at radius 1 is 1.13 bits per heavy atom. The van der Waals surface area contributed by atoms with Crippen LogP contribution in [0.3, 0.4) is 0 Å². The Bertz CT molecular complexity index is 672. The molecule has 0 aromatic heterocycles. The van der Waals surface area contributed by atoms with Gasteiger partial charge in [0.1, 0.15) is 6.54 Å². The molecule has 0 aliphatic carbocycles. The molecular formula is C15H14ClN3O4. The largest absolute Gasteiger partial charge is 0.350 e. The SMILES string of the molecule is C=CCN1C(=O)C(=O)N(CC(=O)NCc2ccc(Cl)cc2)C1=O. The number of hydrogen-bond acceptors (Lipinski definition) is 4. The second kappa shape index (κ2) is 7.06. The van der Waals surface area contributed by atoms with E-state index in [1.165, 1.54) is 6.08 Å². The van der Waals surface area contributed by atoms with Crippen molar-refractivity contribution in [1.29, 1.82) is 0 Å². The van der Waals surface area contributed by atoms with Crippen LogP contribution < -0.4 is 5.32 Å². The first-order valence-corrected chi connectivity index (χ1v) is 7.11. The third-order valence-corrected chi connectivity index (χ3v) is 3.40. The fourth-order valence-corrected chi connectivity index (χ4v) is 2.11. The molecule has 1 aliphatic rings. The van der Waals surface area contributed by atoms with Crippen LogP contribution in [0.5, 0.6) is 0 Å². The second-order valence-corrected chi connectivity index (χ2v) is 5.22. The summed E-state index contributed by atoms with van der Waals surface area (Å²) in [5.74, 6) is -2.52. The summed E-state index contributed by atoms with van der Waals surface area (Å²) in [6.07, 6.45) is 1.33. The van der Waals surface area contributed by atoms with Gasteiger partial charge in [-0.3, -0.25) is 19.3 Å². The summed E-state index contributed by atoms with van der Waals surface area (Å²) in [4.78, 5) is 48.5. The zero-order valence-corrected chi connectivity index (χ0v) is 12.9. The van der Waals surface area contributed by atoms with Crippen molar-refractivity contribution in [2.45, 2.75) is 6.54 Å². The predicted octanol–water partition coefficient (Wildman–Crippen LogP) is 0.933. The number of hydrogen-bond donors (Lipinski definition) is 1. The lowest BCUT2D eigenvalue weighted by Crippen LogP contribution is -2.41. The molecule has 1 aromatic carbocycles. The number of nitrogens with one attached hydrogen (secondary N) is 1.